The van der Waals surface area contributed by atoms with Crippen LogP contribution < -0.4 is 10.5 Å². The van der Waals surface area contributed by atoms with Gasteiger partial charge in [0.15, 0.2) is 0 Å². The number of rotatable bonds is 5. The fraction of sp³-hybridized carbons (Fsp3) is 0.462. The van der Waals surface area contributed by atoms with Crippen molar-refractivity contribution < 1.29 is 4.74 Å². The number of aromatic nitrogens is 2. The molecule has 0 radical (unpaired) electrons. The number of thioether (sulfide) groups is 1. The first-order valence-electron chi connectivity index (χ1n) is 6.07. The Morgan fingerprint density at radius 2 is 2.28 bits per heavy atom. The minimum atomic E-state index is 0.321. The molecule has 2 aromatic rings. The van der Waals surface area contributed by atoms with Gasteiger partial charge in [0.05, 0.1) is 12.1 Å². The van der Waals surface area contributed by atoms with Gasteiger partial charge in [0.2, 0.25) is 5.95 Å². The Balaban J connectivity index is 2.54. The van der Waals surface area contributed by atoms with Gasteiger partial charge in [0.25, 0.3) is 0 Å². The van der Waals surface area contributed by atoms with Gasteiger partial charge < -0.3 is 15.0 Å². The second-order valence-electron chi connectivity index (χ2n) is 4.20. The van der Waals surface area contributed by atoms with E-state index in [1.54, 1.807) is 11.8 Å². The summed E-state index contributed by atoms with van der Waals surface area (Å²) in [4.78, 5) is 4.44. The zero-order chi connectivity index (χ0) is 13.1. The van der Waals surface area contributed by atoms with Crippen LogP contribution in [0.2, 0.25) is 0 Å². The molecule has 4 nitrogen and oxygen atoms in total. The predicted octanol–water partition coefficient (Wildman–Crippen LogP) is 2.94. The summed E-state index contributed by atoms with van der Waals surface area (Å²) in [5.74, 6) is 2.37. The number of nitrogens with two attached hydrogens (primary N) is 1. The molecule has 0 saturated heterocycles. The molecule has 0 saturated carbocycles. The lowest BCUT2D eigenvalue weighted by Crippen LogP contribution is -2.10. The molecule has 0 spiro atoms. The lowest BCUT2D eigenvalue weighted by Gasteiger charge is -2.14. The van der Waals surface area contributed by atoms with E-state index in [2.05, 4.69) is 22.7 Å². The highest BCUT2D eigenvalue weighted by atomic mass is 32.2. The van der Waals surface area contributed by atoms with Crippen LogP contribution in [-0.4, -0.2) is 28.2 Å². The molecule has 1 heterocycles. The maximum atomic E-state index is 6.04. The van der Waals surface area contributed by atoms with Crippen LogP contribution in [0.15, 0.2) is 18.2 Å². The van der Waals surface area contributed by atoms with Crippen LogP contribution in [0, 0.1) is 0 Å². The number of fused-ring (bicyclic) bond motifs is 1. The van der Waals surface area contributed by atoms with Crippen LogP contribution in [0.1, 0.15) is 19.9 Å². The van der Waals surface area contributed by atoms with Gasteiger partial charge in [-0.3, -0.25) is 0 Å². The van der Waals surface area contributed by atoms with E-state index in [9.17, 15) is 0 Å². The van der Waals surface area contributed by atoms with Crippen LogP contribution >= 0.6 is 11.8 Å². The van der Waals surface area contributed by atoms with Crippen molar-refractivity contribution in [3.8, 4) is 5.75 Å². The lowest BCUT2D eigenvalue weighted by atomic mass is 10.2. The molecule has 0 amide bonds. The molecular formula is C13H19N3OS. The number of nitrogen functional groups attached to an aromatic ring is 1. The molecule has 1 aromatic carbocycles. The topological polar surface area (TPSA) is 53.1 Å². The molecule has 0 fully saturated rings. The normalized spacial score (nSPS) is 12.8. The van der Waals surface area contributed by atoms with Gasteiger partial charge >= 0.3 is 0 Å². The van der Waals surface area contributed by atoms with Gasteiger partial charge in [0, 0.05) is 11.8 Å². The van der Waals surface area contributed by atoms with E-state index in [-0.39, 0.29) is 0 Å². The first kappa shape index (κ1) is 13.1. The van der Waals surface area contributed by atoms with Crippen molar-refractivity contribution in [1.29, 1.82) is 0 Å². The van der Waals surface area contributed by atoms with E-state index in [0.717, 1.165) is 22.5 Å². The molecule has 1 atom stereocenters. The zero-order valence-corrected chi connectivity index (χ0v) is 11.8. The third-order valence-corrected chi connectivity index (χ3v) is 3.67. The Morgan fingerprint density at radius 1 is 1.50 bits per heavy atom. The van der Waals surface area contributed by atoms with Gasteiger partial charge in [-0.15, -0.1) is 0 Å². The zero-order valence-electron chi connectivity index (χ0n) is 11.0. The molecule has 18 heavy (non-hydrogen) atoms. The summed E-state index contributed by atoms with van der Waals surface area (Å²) in [6, 6.07) is 6.28. The second kappa shape index (κ2) is 5.52. The van der Waals surface area contributed by atoms with Gasteiger partial charge in [-0.2, -0.15) is 11.8 Å². The molecular weight excluding hydrogens is 246 g/mol. The number of anilines is 1. The highest BCUT2D eigenvalue weighted by Crippen LogP contribution is 2.30. The lowest BCUT2D eigenvalue weighted by molar-refractivity contribution is 0.343. The molecule has 1 unspecified atom stereocenters. The Labute approximate surface area is 112 Å². The van der Waals surface area contributed by atoms with E-state index in [0.29, 0.717) is 18.6 Å². The first-order chi connectivity index (χ1) is 8.69. The Hall–Kier alpha value is -1.36. The molecule has 0 aliphatic carbocycles. The fourth-order valence-electron chi connectivity index (χ4n) is 2.16. The van der Waals surface area contributed by atoms with E-state index in [1.165, 1.54) is 0 Å². The first-order valence-corrected chi connectivity index (χ1v) is 7.46. The van der Waals surface area contributed by atoms with Crippen LogP contribution in [0.4, 0.5) is 5.95 Å². The molecule has 0 bridgehead atoms. The van der Waals surface area contributed by atoms with Gasteiger partial charge in [-0.25, -0.2) is 4.98 Å². The summed E-state index contributed by atoms with van der Waals surface area (Å²) in [7, 11) is 0. The van der Waals surface area contributed by atoms with Gasteiger partial charge in [0.1, 0.15) is 11.3 Å². The maximum Gasteiger partial charge on any atom is 0.201 e. The summed E-state index contributed by atoms with van der Waals surface area (Å²) < 4.78 is 7.67. The smallest absolute Gasteiger partial charge is 0.201 e. The second-order valence-corrected chi connectivity index (χ2v) is 5.11. The number of benzene rings is 1. The quantitative estimate of drug-likeness (QED) is 0.903. The van der Waals surface area contributed by atoms with E-state index >= 15 is 0 Å². The summed E-state index contributed by atoms with van der Waals surface area (Å²) in [5.41, 5.74) is 7.93. The molecule has 0 aliphatic rings. The van der Waals surface area contributed by atoms with Crippen molar-refractivity contribution in [3.63, 3.8) is 0 Å². The minimum Gasteiger partial charge on any atom is -0.492 e. The van der Waals surface area contributed by atoms with Crippen molar-refractivity contribution in [2.75, 3.05) is 24.3 Å². The van der Waals surface area contributed by atoms with E-state index in [4.69, 9.17) is 10.5 Å². The Kier molecular flexibility index (Phi) is 4.01. The molecule has 2 rings (SSSR count). The van der Waals surface area contributed by atoms with Crippen molar-refractivity contribution in [2.45, 2.75) is 19.9 Å². The van der Waals surface area contributed by atoms with Crippen molar-refractivity contribution >= 4 is 28.7 Å². The summed E-state index contributed by atoms with van der Waals surface area (Å²) in [5, 5.41) is 0. The largest absolute Gasteiger partial charge is 0.492 e. The standard InChI is InChI=1S/C13H19N3OS/c1-4-17-11-7-5-6-10-12(11)15-13(14)16(10)9(2)8-18-3/h5-7,9H,4,8H2,1-3H3,(H2,14,15). The van der Waals surface area contributed by atoms with Crippen molar-refractivity contribution in [1.82, 2.24) is 9.55 Å². The Morgan fingerprint density at radius 3 is 2.94 bits per heavy atom. The number of hydrogen-bond donors (Lipinski definition) is 1. The third-order valence-electron chi connectivity index (χ3n) is 2.86. The molecule has 0 aliphatic heterocycles. The number of para-hydroxylation sites is 1. The van der Waals surface area contributed by atoms with Crippen LogP contribution in [-0.2, 0) is 0 Å². The number of ether oxygens (including phenoxy) is 1. The average Bonchev–Trinajstić information content (AvgIpc) is 2.67. The predicted molar refractivity (Wildman–Crippen MR) is 78.4 cm³/mol. The van der Waals surface area contributed by atoms with E-state index in [1.807, 2.05) is 25.1 Å². The molecule has 5 heteroatoms. The third kappa shape index (κ3) is 2.27. The summed E-state index contributed by atoms with van der Waals surface area (Å²) in [6.45, 7) is 4.75. The Bertz CT molecular complexity index is 538. The highest BCUT2D eigenvalue weighted by Gasteiger charge is 2.16. The molecule has 1 aromatic heterocycles. The SMILES string of the molecule is CCOc1cccc2c1nc(N)n2C(C)CSC. The summed E-state index contributed by atoms with van der Waals surface area (Å²) in [6.07, 6.45) is 2.09. The van der Waals surface area contributed by atoms with Gasteiger partial charge in [-0.05, 0) is 32.2 Å². The van der Waals surface area contributed by atoms with Gasteiger partial charge in [-0.1, -0.05) is 6.07 Å². The van der Waals surface area contributed by atoms with E-state index < -0.39 is 0 Å². The van der Waals surface area contributed by atoms with Crippen molar-refractivity contribution in [3.05, 3.63) is 18.2 Å². The molecule has 2 N–H and O–H groups in total. The fourth-order valence-corrected chi connectivity index (χ4v) is 2.79. The minimum absolute atomic E-state index is 0.321. The van der Waals surface area contributed by atoms with Crippen LogP contribution in [0.3, 0.4) is 0 Å². The number of nitrogens with zero attached hydrogens (tertiary/aromatic N) is 2. The highest BCUT2D eigenvalue weighted by molar-refractivity contribution is 7.98. The molecule has 98 valence electrons. The monoisotopic (exact) mass is 265 g/mol. The van der Waals surface area contributed by atoms with Crippen molar-refractivity contribution in [2.24, 2.45) is 0 Å². The number of imidazole rings is 1. The average molecular weight is 265 g/mol. The maximum absolute atomic E-state index is 6.04. The van der Waals surface area contributed by atoms with Crippen LogP contribution in [0.25, 0.3) is 11.0 Å². The summed E-state index contributed by atoms with van der Waals surface area (Å²) >= 11 is 1.80. The number of hydrogen-bond acceptors (Lipinski definition) is 4. The van der Waals surface area contributed by atoms with Crippen LogP contribution in [0.5, 0.6) is 5.75 Å².